The van der Waals surface area contributed by atoms with Crippen molar-refractivity contribution in [3.8, 4) is 0 Å². The van der Waals surface area contributed by atoms with Crippen molar-refractivity contribution < 1.29 is 0 Å². The fourth-order valence-electron chi connectivity index (χ4n) is 2.97. The van der Waals surface area contributed by atoms with Gasteiger partial charge in [-0.25, -0.2) is 0 Å². The van der Waals surface area contributed by atoms with E-state index in [1.165, 1.54) is 25.0 Å². The van der Waals surface area contributed by atoms with E-state index in [0.29, 0.717) is 6.04 Å². The van der Waals surface area contributed by atoms with Crippen molar-refractivity contribution in [1.82, 2.24) is 15.1 Å². The van der Waals surface area contributed by atoms with Gasteiger partial charge in [0.2, 0.25) is 0 Å². The normalized spacial score (nSPS) is 28.6. The summed E-state index contributed by atoms with van der Waals surface area (Å²) in [6.07, 6.45) is 4.04. The van der Waals surface area contributed by atoms with Gasteiger partial charge in [0.05, 0.1) is 15.9 Å². The third kappa shape index (κ3) is 2.80. The molecular weight excluding hydrogens is 290 g/mol. The highest BCUT2D eigenvalue weighted by Gasteiger charge is 2.26. The molecule has 1 aliphatic rings. The molecule has 2 rings (SSSR count). The first kappa shape index (κ1) is 14.1. The molecule has 0 bridgehead atoms. The lowest BCUT2D eigenvalue weighted by molar-refractivity contribution is 0.205. The van der Waals surface area contributed by atoms with Crippen LogP contribution in [0.1, 0.15) is 44.5 Å². The first-order chi connectivity index (χ1) is 8.50. The molecule has 1 saturated carbocycles. The van der Waals surface area contributed by atoms with Crippen LogP contribution in [0.4, 0.5) is 0 Å². The van der Waals surface area contributed by atoms with E-state index >= 15 is 0 Å². The molecule has 1 fully saturated rings. The highest BCUT2D eigenvalue weighted by atomic mass is 79.9. The molecule has 3 atom stereocenters. The summed E-state index contributed by atoms with van der Waals surface area (Å²) in [7, 11) is 2.02. The minimum atomic E-state index is 0.649. The van der Waals surface area contributed by atoms with Crippen LogP contribution in [0.2, 0.25) is 0 Å². The minimum absolute atomic E-state index is 0.649. The van der Waals surface area contributed by atoms with E-state index in [0.717, 1.165) is 28.5 Å². The molecule has 1 N–H and O–H groups in total. The SMILES string of the molecule is Cc1nn(C)c(CNC2CCCC(C)C2C)c1Br. The lowest BCUT2D eigenvalue weighted by atomic mass is 9.78. The summed E-state index contributed by atoms with van der Waals surface area (Å²) in [5.41, 5.74) is 2.32. The highest BCUT2D eigenvalue weighted by Crippen LogP contribution is 2.30. The standard InChI is InChI=1S/C14H24BrN3/c1-9-6-5-7-12(10(9)2)16-8-13-14(15)11(3)17-18(13)4/h9-10,12,16H,5-8H2,1-4H3. The van der Waals surface area contributed by atoms with E-state index in [-0.39, 0.29) is 0 Å². The number of aryl methyl sites for hydroxylation is 2. The minimum Gasteiger partial charge on any atom is -0.308 e. The van der Waals surface area contributed by atoms with E-state index in [9.17, 15) is 0 Å². The number of hydrogen-bond donors (Lipinski definition) is 1. The smallest absolute Gasteiger partial charge is 0.0739 e. The number of hydrogen-bond acceptors (Lipinski definition) is 2. The summed E-state index contributed by atoms with van der Waals surface area (Å²) in [5, 5.41) is 8.16. The molecule has 0 radical (unpaired) electrons. The van der Waals surface area contributed by atoms with Crippen molar-refractivity contribution in [2.24, 2.45) is 18.9 Å². The Kier molecular flexibility index (Phi) is 4.49. The monoisotopic (exact) mass is 313 g/mol. The molecule has 1 aromatic rings. The zero-order chi connectivity index (χ0) is 13.3. The van der Waals surface area contributed by atoms with Gasteiger partial charge in [-0.3, -0.25) is 4.68 Å². The maximum atomic E-state index is 4.44. The molecule has 102 valence electrons. The second-order valence-electron chi connectivity index (χ2n) is 5.72. The Balaban J connectivity index is 1.99. The lowest BCUT2D eigenvalue weighted by Crippen LogP contribution is -2.40. The van der Waals surface area contributed by atoms with Crippen LogP contribution in [0.15, 0.2) is 4.47 Å². The topological polar surface area (TPSA) is 29.9 Å². The Morgan fingerprint density at radius 3 is 2.72 bits per heavy atom. The molecule has 0 aromatic carbocycles. The van der Waals surface area contributed by atoms with Crippen molar-refractivity contribution in [1.29, 1.82) is 0 Å². The van der Waals surface area contributed by atoms with Gasteiger partial charge < -0.3 is 5.32 Å². The molecule has 0 saturated heterocycles. The number of rotatable bonds is 3. The second kappa shape index (κ2) is 5.74. The van der Waals surface area contributed by atoms with E-state index in [1.807, 2.05) is 18.7 Å². The first-order valence-corrected chi connectivity index (χ1v) is 7.71. The number of aromatic nitrogens is 2. The zero-order valence-corrected chi connectivity index (χ0v) is 13.4. The molecule has 0 amide bonds. The summed E-state index contributed by atoms with van der Waals surface area (Å²) >= 11 is 3.63. The third-order valence-electron chi connectivity index (χ3n) is 4.50. The lowest BCUT2D eigenvalue weighted by Gasteiger charge is -2.34. The summed E-state index contributed by atoms with van der Waals surface area (Å²) in [6, 6.07) is 0.649. The summed E-state index contributed by atoms with van der Waals surface area (Å²) in [5.74, 6) is 1.61. The van der Waals surface area contributed by atoms with E-state index < -0.39 is 0 Å². The van der Waals surface area contributed by atoms with Crippen molar-refractivity contribution >= 4 is 15.9 Å². The predicted molar refractivity (Wildman–Crippen MR) is 78.5 cm³/mol. The fourth-order valence-corrected chi connectivity index (χ4v) is 3.45. The summed E-state index contributed by atoms with van der Waals surface area (Å²) in [6.45, 7) is 7.70. The van der Waals surface area contributed by atoms with Gasteiger partial charge in [-0.2, -0.15) is 5.10 Å². The van der Waals surface area contributed by atoms with E-state index in [4.69, 9.17) is 0 Å². The van der Waals surface area contributed by atoms with Crippen LogP contribution >= 0.6 is 15.9 Å². The van der Waals surface area contributed by atoms with Gasteiger partial charge in [-0.1, -0.05) is 26.7 Å². The van der Waals surface area contributed by atoms with Gasteiger partial charge in [-0.05, 0) is 41.1 Å². The van der Waals surface area contributed by atoms with Crippen LogP contribution < -0.4 is 5.32 Å². The molecule has 0 aliphatic heterocycles. The maximum absolute atomic E-state index is 4.44. The van der Waals surface area contributed by atoms with Crippen molar-refractivity contribution in [3.05, 3.63) is 15.9 Å². The van der Waals surface area contributed by atoms with Crippen molar-refractivity contribution in [3.63, 3.8) is 0 Å². The van der Waals surface area contributed by atoms with E-state index in [1.54, 1.807) is 0 Å². The third-order valence-corrected chi connectivity index (χ3v) is 5.53. The molecule has 18 heavy (non-hydrogen) atoms. The van der Waals surface area contributed by atoms with Crippen LogP contribution in [-0.2, 0) is 13.6 Å². The number of nitrogens with one attached hydrogen (secondary N) is 1. The quantitative estimate of drug-likeness (QED) is 0.926. The van der Waals surface area contributed by atoms with Crippen molar-refractivity contribution in [2.45, 2.75) is 52.6 Å². The number of halogens is 1. The molecule has 1 aromatic heterocycles. The second-order valence-corrected chi connectivity index (χ2v) is 6.52. The van der Waals surface area contributed by atoms with Crippen LogP contribution in [-0.4, -0.2) is 15.8 Å². The first-order valence-electron chi connectivity index (χ1n) is 6.92. The molecule has 3 unspecified atom stereocenters. The average Bonchev–Trinajstić information content (AvgIpc) is 2.56. The Labute approximate surface area is 118 Å². The van der Waals surface area contributed by atoms with Crippen LogP contribution in [0.5, 0.6) is 0 Å². The fraction of sp³-hybridized carbons (Fsp3) is 0.786. The summed E-state index contributed by atoms with van der Waals surface area (Å²) < 4.78 is 3.12. The Hall–Kier alpha value is -0.350. The Morgan fingerprint density at radius 1 is 1.39 bits per heavy atom. The average molecular weight is 314 g/mol. The van der Waals surface area contributed by atoms with Gasteiger partial charge in [0.25, 0.3) is 0 Å². The highest BCUT2D eigenvalue weighted by molar-refractivity contribution is 9.10. The molecular formula is C14H24BrN3. The molecule has 0 spiro atoms. The van der Waals surface area contributed by atoms with Gasteiger partial charge in [-0.15, -0.1) is 0 Å². The van der Waals surface area contributed by atoms with Crippen LogP contribution in [0.25, 0.3) is 0 Å². The van der Waals surface area contributed by atoms with Crippen LogP contribution in [0.3, 0.4) is 0 Å². The molecule has 1 heterocycles. The molecule has 1 aliphatic carbocycles. The van der Waals surface area contributed by atoms with Gasteiger partial charge in [0.15, 0.2) is 0 Å². The zero-order valence-electron chi connectivity index (χ0n) is 11.8. The number of nitrogens with zero attached hydrogens (tertiary/aromatic N) is 2. The Morgan fingerprint density at radius 2 is 2.11 bits per heavy atom. The van der Waals surface area contributed by atoms with Crippen LogP contribution in [0, 0.1) is 18.8 Å². The summed E-state index contributed by atoms with van der Waals surface area (Å²) in [4.78, 5) is 0. The molecule has 3 nitrogen and oxygen atoms in total. The van der Waals surface area contributed by atoms with Gasteiger partial charge >= 0.3 is 0 Å². The Bertz CT molecular complexity index is 413. The largest absolute Gasteiger partial charge is 0.308 e. The molecule has 4 heteroatoms. The van der Waals surface area contributed by atoms with Gasteiger partial charge in [0, 0.05) is 19.6 Å². The maximum Gasteiger partial charge on any atom is 0.0739 e. The van der Waals surface area contributed by atoms with Crippen molar-refractivity contribution in [2.75, 3.05) is 0 Å². The predicted octanol–water partition coefficient (Wildman–Crippen LogP) is 3.41. The van der Waals surface area contributed by atoms with Gasteiger partial charge in [0.1, 0.15) is 0 Å². The van der Waals surface area contributed by atoms with E-state index in [2.05, 4.69) is 40.2 Å².